The van der Waals surface area contributed by atoms with Crippen LogP contribution in [0.25, 0.3) is 21.3 Å². The number of thiophene rings is 1. The Balaban J connectivity index is 2.03. The van der Waals surface area contributed by atoms with Crippen LogP contribution in [0.2, 0.25) is 0 Å². The van der Waals surface area contributed by atoms with Crippen LogP contribution >= 0.6 is 11.3 Å². The van der Waals surface area contributed by atoms with Crippen LogP contribution in [0.3, 0.4) is 0 Å². The maximum absolute atomic E-state index is 6.15. The molecule has 21 heavy (non-hydrogen) atoms. The van der Waals surface area contributed by atoms with Crippen molar-refractivity contribution in [3.05, 3.63) is 41.5 Å². The zero-order chi connectivity index (χ0) is 14.8. The van der Waals surface area contributed by atoms with Crippen molar-refractivity contribution in [3.8, 4) is 11.1 Å². The van der Waals surface area contributed by atoms with Crippen molar-refractivity contribution in [2.24, 2.45) is 0 Å². The summed E-state index contributed by atoms with van der Waals surface area (Å²) in [5, 5.41) is 3.01. The van der Waals surface area contributed by atoms with Gasteiger partial charge in [-0.1, -0.05) is 30.3 Å². The van der Waals surface area contributed by atoms with Crippen LogP contribution in [0.5, 0.6) is 0 Å². The zero-order valence-corrected chi connectivity index (χ0v) is 12.9. The molecule has 2 aromatic heterocycles. The number of nitrogens with zero attached hydrogens (tertiary/aromatic N) is 2. The Hall–Kier alpha value is -1.98. The van der Waals surface area contributed by atoms with Gasteiger partial charge in [0.15, 0.2) is 5.82 Å². The van der Waals surface area contributed by atoms with E-state index in [-0.39, 0.29) is 6.10 Å². The fourth-order valence-corrected chi connectivity index (χ4v) is 3.12. The Bertz CT molecular complexity index is 753. The number of fused-ring (bicyclic) bond motifs is 1. The molecular weight excluding hydrogens is 282 g/mol. The van der Waals surface area contributed by atoms with E-state index in [4.69, 9.17) is 10.5 Å². The van der Waals surface area contributed by atoms with Gasteiger partial charge < -0.3 is 10.5 Å². The lowest BCUT2D eigenvalue weighted by atomic mass is 10.1. The van der Waals surface area contributed by atoms with Gasteiger partial charge in [0.1, 0.15) is 17.3 Å². The molecular formula is C16H17N3OS. The summed E-state index contributed by atoms with van der Waals surface area (Å²) in [6.45, 7) is 4.36. The maximum atomic E-state index is 6.15. The molecule has 1 aromatic carbocycles. The fraction of sp³-hybridized carbons (Fsp3) is 0.250. The van der Waals surface area contributed by atoms with Gasteiger partial charge >= 0.3 is 0 Å². The van der Waals surface area contributed by atoms with Gasteiger partial charge in [-0.05, 0) is 19.4 Å². The zero-order valence-electron chi connectivity index (χ0n) is 12.0. The Morgan fingerprint density at radius 1 is 1.19 bits per heavy atom. The van der Waals surface area contributed by atoms with Crippen LogP contribution in [-0.4, -0.2) is 16.1 Å². The molecule has 0 unspecified atom stereocenters. The van der Waals surface area contributed by atoms with Crippen molar-refractivity contribution in [2.75, 3.05) is 5.73 Å². The Labute approximate surface area is 127 Å². The molecule has 5 heteroatoms. The van der Waals surface area contributed by atoms with E-state index >= 15 is 0 Å². The molecule has 3 rings (SSSR count). The Morgan fingerprint density at radius 2 is 1.95 bits per heavy atom. The average Bonchev–Trinajstić information content (AvgIpc) is 2.90. The van der Waals surface area contributed by atoms with E-state index in [0.29, 0.717) is 18.2 Å². The summed E-state index contributed by atoms with van der Waals surface area (Å²) >= 11 is 1.58. The number of nitrogens with two attached hydrogens (primary N) is 1. The molecule has 0 saturated carbocycles. The molecule has 2 N–H and O–H groups in total. The van der Waals surface area contributed by atoms with Crippen LogP contribution in [0.1, 0.15) is 19.7 Å². The third-order valence-corrected chi connectivity index (χ3v) is 4.01. The lowest BCUT2D eigenvalue weighted by Gasteiger charge is -2.08. The smallest absolute Gasteiger partial charge is 0.158 e. The first-order chi connectivity index (χ1) is 10.1. The molecule has 0 atom stereocenters. The van der Waals surface area contributed by atoms with Gasteiger partial charge in [-0.25, -0.2) is 9.97 Å². The van der Waals surface area contributed by atoms with E-state index in [9.17, 15) is 0 Å². The lowest BCUT2D eigenvalue weighted by Crippen LogP contribution is -2.07. The molecule has 0 fully saturated rings. The van der Waals surface area contributed by atoms with Crippen molar-refractivity contribution >= 4 is 27.4 Å². The summed E-state index contributed by atoms with van der Waals surface area (Å²) < 4.78 is 5.55. The van der Waals surface area contributed by atoms with Crippen LogP contribution < -0.4 is 5.73 Å². The molecule has 2 heterocycles. The number of hydrogen-bond donors (Lipinski definition) is 1. The van der Waals surface area contributed by atoms with Crippen molar-refractivity contribution in [1.29, 1.82) is 0 Å². The molecule has 0 spiro atoms. The van der Waals surface area contributed by atoms with Crippen molar-refractivity contribution in [2.45, 2.75) is 26.6 Å². The first kappa shape index (κ1) is 14.0. The molecule has 0 amide bonds. The summed E-state index contributed by atoms with van der Waals surface area (Å²) in [5.74, 6) is 1.15. The molecule has 0 aliphatic heterocycles. The second-order valence-electron chi connectivity index (χ2n) is 5.08. The molecule has 108 valence electrons. The van der Waals surface area contributed by atoms with Gasteiger partial charge in [0, 0.05) is 10.9 Å². The molecule has 4 nitrogen and oxygen atoms in total. The third-order valence-electron chi connectivity index (χ3n) is 3.14. The van der Waals surface area contributed by atoms with Gasteiger partial charge in [-0.15, -0.1) is 11.3 Å². The predicted molar refractivity (Wildman–Crippen MR) is 87.2 cm³/mol. The summed E-state index contributed by atoms with van der Waals surface area (Å²) in [4.78, 5) is 9.84. The number of anilines is 1. The van der Waals surface area contributed by atoms with Gasteiger partial charge in [0.25, 0.3) is 0 Å². The number of aromatic nitrogens is 2. The summed E-state index contributed by atoms with van der Waals surface area (Å²) in [7, 11) is 0. The number of nitrogen functional groups attached to an aromatic ring is 1. The first-order valence-electron chi connectivity index (χ1n) is 6.85. The van der Waals surface area contributed by atoms with E-state index < -0.39 is 0 Å². The first-order valence-corrected chi connectivity index (χ1v) is 7.73. The minimum atomic E-state index is 0.147. The van der Waals surface area contributed by atoms with Crippen LogP contribution in [0.4, 0.5) is 5.82 Å². The highest BCUT2D eigenvalue weighted by Crippen LogP contribution is 2.35. The highest BCUT2D eigenvalue weighted by Gasteiger charge is 2.13. The van der Waals surface area contributed by atoms with E-state index in [2.05, 4.69) is 27.5 Å². The molecule has 0 aliphatic rings. The molecule has 0 aliphatic carbocycles. The molecule has 3 aromatic rings. The molecule has 0 bridgehead atoms. The topological polar surface area (TPSA) is 61.0 Å². The monoisotopic (exact) mass is 299 g/mol. The van der Waals surface area contributed by atoms with Gasteiger partial charge in [0.2, 0.25) is 0 Å². The van der Waals surface area contributed by atoms with E-state index in [1.165, 1.54) is 0 Å². The standard InChI is InChI=1S/C16H17N3OS/c1-10(2)20-8-13-18-15(17)14-12(9-21-16(14)19-13)11-6-4-3-5-7-11/h3-7,9-10H,8H2,1-2H3,(H2,17,18,19). The minimum absolute atomic E-state index is 0.147. The third kappa shape index (κ3) is 2.89. The number of hydrogen-bond acceptors (Lipinski definition) is 5. The quantitative estimate of drug-likeness (QED) is 0.794. The van der Waals surface area contributed by atoms with Gasteiger partial charge in [0.05, 0.1) is 11.5 Å². The molecule has 0 saturated heterocycles. The van der Waals surface area contributed by atoms with Crippen LogP contribution in [-0.2, 0) is 11.3 Å². The number of benzene rings is 1. The summed E-state index contributed by atoms with van der Waals surface area (Å²) in [5.41, 5.74) is 8.36. The largest absolute Gasteiger partial charge is 0.383 e. The Morgan fingerprint density at radius 3 is 2.67 bits per heavy atom. The lowest BCUT2D eigenvalue weighted by molar-refractivity contribution is 0.0615. The second kappa shape index (κ2) is 5.79. The van der Waals surface area contributed by atoms with E-state index in [0.717, 1.165) is 21.3 Å². The van der Waals surface area contributed by atoms with Crippen molar-refractivity contribution in [3.63, 3.8) is 0 Å². The van der Waals surface area contributed by atoms with Crippen LogP contribution in [0.15, 0.2) is 35.7 Å². The maximum Gasteiger partial charge on any atom is 0.158 e. The van der Waals surface area contributed by atoms with E-state index in [1.54, 1.807) is 11.3 Å². The van der Waals surface area contributed by atoms with Gasteiger partial charge in [-0.3, -0.25) is 0 Å². The molecule has 0 radical (unpaired) electrons. The van der Waals surface area contributed by atoms with Gasteiger partial charge in [-0.2, -0.15) is 0 Å². The van der Waals surface area contributed by atoms with Crippen molar-refractivity contribution < 1.29 is 4.74 Å². The SMILES string of the molecule is CC(C)OCc1nc(N)c2c(-c3ccccc3)csc2n1. The predicted octanol–water partition coefficient (Wildman–Crippen LogP) is 3.87. The minimum Gasteiger partial charge on any atom is -0.383 e. The Kier molecular flexibility index (Phi) is 3.86. The second-order valence-corrected chi connectivity index (χ2v) is 5.94. The summed E-state index contributed by atoms with van der Waals surface area (Å²) in [6.07, 6.45) is 0.147. The highest BCUT2D eigenvalue weighted by molar-refractivity contribution is 7.17. The van der Waals surface area contributed by atoms with Crippen molar-refractivity contribution in [1.82, 2.24) is 9.97 Å². The summed E-state index contributed by atoms with van der Waals surface area (Å²) in [6, 6.07) is 10.2. The normalized spacial score (nSPS) is 11.4. The number of ether oxygens (including phenoxy) is 1. The number of rotatable bonds is 4. The van der Waals surface area contributed by atoms with Crippen LogP contribution in [0, 0.1) is 0 Å². The van der Waals surface area contributed by atoms with E-state index in [1.807, 2.05) is 32.0 Å². The highest BCUT2D eigenvalue weighted by atomic mass is 32.1. The fourth-order valence-electron chi connectivity index (χ4n) is 2.15. The average molecular weight is 299 g/mol.